The first-order chi connectivity index (χ1) is 11.2. The fraction of sp³-hybridized carbons (Fsp3) is 0.579. The summed E-state index contributed by atoms with van der Waals surface area (Å²) in [5.74, 6) is -0.975. The van der Waals surface area contributed by atoms with E-state index in [0.29, 0.717) is 12.2 Å². The third kappa shape index (κ3) is 6.32. The van der Waals surface area contributed by atoms with Crippen molar-refractivity contribution in [2.45, 2.75) is 59.5 Å². The van der Waals surface area contributed by atoms with E-state index in [1.54, 1.807) is 6.92 Å². The van der Waals surface area contributed by atoms with Crippen LogP contribution in [0.25, 0.3) is 0 Å². The molecule has 5 nitrogen and oxygen atoms in total. The SMILES string of the molecule is CCC(=O)CCC(CC(O)COc1cc(C)cc(C)c1C)C(=O)O. The van der Waals surface area contributed by atoms with Gasteiger partial charge < -0.3 is 14.9 Å². The molecule has 0 spiro atoms. The molecule has 0 aliphatic rings. The highest BCUT2D eigenvalue weighted by molar-refractivity contribution is 5.79. The average Bonchev–Trinajstić information content (AvgIpc) is 2.52. The molecule has 2 unspecified atom stereocenters. The summed E-state index contributed by atoms with van der Waals surface area (Å²) >= 11 is 0. The average molecular weight is 336 g/mol. The lowest BCUT2D eigenvalue weighted by atomic mass is 9.95. The van der Waals surface area contributed by atoms with Gasteiger partial charge in [-0.1, -0.05) is 13.0 Å². The molecular weight excluding hydrogens is 308 g/mol. The molecule has 1 rings (SSSR count). The summed E-state index contributed by atoms with van der Waals surface area (Å²) in [7, 11) is 0. The maximum atomic E-state index is 11.4. The van der Waals surface area contributed by atoms with Crippen molar-refractivity contribution < 1.29 is 24.5 Å². The van der Waals surface area contributed by atoms with Gasteiger partial charge in [-0.2, -0.15) is 0 Å². The molecule has 1 aromatic rings. The Balaban J connectivity index is 2.59. The van der Waals surface area contributed by atoms with Crippen molar-refractivity contribution in [2.24, 2.45) is 5.92 Å². The van der Waals surface area contributed by atoms with Crippen molar-refractivity contribution in [3.05, 3.63) is 28.8 Å². The van der Waals surface area contributed by atoms with E-state index in [1.165, 1.54) is 0 Å². The third-order valence-corrected chi connectivity index (χ3v) is 4.27. The zero-order valence-corrected chi connectivity index (χ0v) is 15.0. The molecule has 0 fully saturated rings. The first-order valence-corrected chi connectivity index (χ1v) is 8.37. The van der Waals surface area contributed by atoms with Crippen molar-refractivity contribution in [2.75, 3.05) is 6.61 Å². The molecule has 1 aromatic carbocycles. The number of hydrogen-bond acceptors (Lipinski definition) is 4. The number of ether oxygens (including phenoxy) is 1. The highest BCUT2D eigenvalue weighted by Gasteiger charge is 2.22. The zero-order chi connectivity index (χ0) is 18.3. The van der Waals surface area contributed by atoms with Crippen LogP contribution in [0.4, 0.5) is 0 Å². The summed E-state index contributed by atoms with van der Waals surface area (Å²) in [4.78, 5) is 22.6. The number of hydrogen-bond donors (Lipinski definition) is 2. The van der Waals surface area contributed by atoms with Gasteiger partial charge in [-0.05, 0) is 56.4 Å². The molecular formula is C19H28O5. The molecule has 0 aliphatic heterocycles. The number of carboxylic acids is 1. The second kappa shape index (κ2) is 9.42. The van der Waals surface area contributed by atoms with Crippen LogP contribution in [0.5, 0.6) is 5.75 Å². The second-order valence-electron chi connectivity index (χ2n) is 6.37. The van der Waals surface area contributed by atoms with Crippen molar-refractivity contribution in [3.8, 4) is 5.75 Å². The van der Waals surface area contributed by atoms with Gasteiger partial charge >= 0.3 is 5.97 Å². The molecule has 2 N–H and O–H groups in total. The second-order valence-corrected chi connectivity index (χ2v) is 6.37. The molecule has 2 atom stereocenters. The third-order valence-electron chi connectivity index (χ3n) is 4.27. The first kappa shape index (κ1) is 20.2. The van der Waals surface area contributed by atoms with E-state index < -0.39 is 18.0 Å². The van der Waals surface area contributed by atoms with Crippen LogP contribution in [0, 0.1) is 26.7 Å². The molecule has 0 saturated heterocycles. The Hall–Kier alpha value is -1.88. The molecule has 0 aromatic heterocycles. The Kier molecular flexibility index (Phi) is 7.92. The molecule has 0 saturated carbocycles. The fourth-order valence-electron chi connectivity index (χ4n) is 2.59. The smallest absolute Gasteiger partial charge is 0.306 e. The molecule has 0 bridgehead atoms. The summed E-state index contributed by atoms with van der Waals surface area (Å²) in [6.07, 6.45) is 0.0852. The molecule has 0 aliphatic carbocycles. The van der Waals surface area contributed by atoms with Crippen LogP contribution in [-0.2, 0) is 9.59 Å². The van der Waals surface area contributed by atoms with E-state index in [4.69, 9.17) is 4.74 Å². The van der Waals surface area contributed by atoms with Gasteiger partial charge in [0.25, 0.3) is 0 Å². The van der Waals surface area contributed by atoms with Crippen molar-refractivity contribution in [1.29, 1.82) is 0 Å². The number of aliphatic hydroxyl groups is 1. The number of rotatable bonds is 10. The van der Waals surface area contributed by atoms with Gasteiger partial charge in [-0.3, -0.25) is 9.59 Å². The molecule has 24 heavy (non-hydrogen) atoms. The van der Waals surface area contributed by atoms with E-state index in [9.17, 15) is 19.8 Å². The Morgan fingerprint density at radius 2 is 1.88 bits per heavy atom. The number of aliphatic hydroxyl groups excluding tert-OH is 1. The standard InChI is InChI=1S/C19H28O5/c1-5-16(20)7-6-15(19(22)23)10-17(21)11-24-18-9-12(2)8-13(3)14(18)4/h8-9,15,17,21H,5-7,10-11H2,1-4H3,(H,22,23). The quantitative estimate of drug-likeness (QED) is 0.685. The number of aryl methyl sites for hydroxylation is 2. The molecule has 0 amide bonds. The monoisotopic (exact) mass is 336 g/mol. The minimum Gasteiger partial charge on any atom is -0.491 e. The lowest BCUT2D eigenvalue weighted by Gasteiger charge is -2.18. The predicted octanol–water partition coefficient (Wildman–Crippen LogP) is 3.20. The fourth-order valence-corrected chi connectivity index (χ4v) is 2.59. The van der Waals surface area contributed by atoms with E-state index in [2.05, 4.69) is 6.07 Å². The number of ketones is 1. The maximum absolute atomic E-state index is 11.4. The zero-order valence-electron chi connectivity index (χ0n) is 15.0. The van der Waals surface area contributed by atoms with Crippen LogP contribution in [0.3, 0.4) is 0 Å². The van der Waals surface area contributed by atoms with Gasteiger partial charge in [0.2, 0.25) is 0 Å². The van der Waals surface area contributed by atoms with Gasteiger partial charge in [0.15, 0.2) is 0 Å². The molecule has 0 heterocycles. The van der Waals surface area contributed by atoms with Crippen molar-refractivity contribution >= 4 is 11.8 Å². The molecule has 0 radical (unpaired) electrons. The van der Waals surface area contributed by atoms with Crippen molar-refractivity contribution in [3.63, 3.8) is 0 Å². The lowest BCUT2D eigenvalue weighted by Crippen LogP contribution is -2.26. The van der Waals surface area contributed by atoms with Crippen LogP contribution in [0.15, 0.2) is 12.1 Å². The lowest BCUT2D eigenvalue weighted by molar-refractivity contribution is -0.143. The number of aliphatic carboxylic acids is 1. The summed E-state index contributed by atoms with van der Waals surface area (Å²) in [5, 5.41) is 19.4. The number of carbonyl (C=O) groups excluding carboxylic acids is 1. The van der Waals surface area contributed by atoms with Gasteiger partial charge in [0.1, 0.15) is 18.1 Å². The summed E-state index contributed by atoms with van der Waals surface area (Å²) in [6, 6.07) is 3.97. The summed E-state index contributed by atoms with van der Waals surface area (Å²) in [5.41, 5.74) is 3.20. The van der Waals surface area contributed by atoms with E-state index in [-0.39, 0.29) is 31.7 Å². The van der Waals surface area contributed by atoms with E-state index in [1.807, 2.05) is 26.8 Å². The van der Waals surface area contributed by atoms with Crippen LogP contribution in [0.2, 0.25) is 0 Å². The van der Waals surface area contributed by atoms with Crippen LogP contribution < -0.4 is 4.74 Å². The number of Topliss-reactive ketones (excluding diaryl/α,β-unsaturated/α-hetero) is 1. The Bertz CT molecular complexity index is 579. The highest BCUT2D eigenvalue weighted by Crippen LogP contribution is 2.24. The van der Waals surface area contributed by atoms with Crippen molar-refractivity contribution in [1.82, 2.24) is 0 Å². The van der Waals surface area contributed by atoms with E-state index in [0.717, 1.165) is 16.7 Å². The first-order valence-electron chi connectivity index (χ1n) is 8.37. The van der Waals surface area contributed by atoms with Gasteiger partial charge in [-0.25, -0.2) is 0 Å². The van der Waals surface area contributed by atoms with Gasteiger partial charge in [0.05, 0.1) is 12.0 Å². The number of carbonyl (C=O) groups is 2. The van der Waals surface area contributed by atoms with Crippen LogP contribution in [0.1, 0.15) is 49.3 Å². The Morgan fingerprint density at radius 3 is 2.46 bits per heavy atom. The maximum Gasteiger partial charge on any atom is 0.306 e. The topological polar surface area (TPSA) is 83.8 Å². The minimum absolute atomic E-state index is 0.0369. The summed E-state index contributed by atoms with van der Waals surface area (Å²) in [6.45, 7) is 7.72. The molecule has 5 heteroatoms. The highest BCUT2D eigenvalue weighted by atomic mass is 16.5. The number of carboxylic acid groups (broad SMARTS) is 1. The molecule has 134 valence electrons. The van der Waals surface area contributed by atoms with E-state index >= 15 is 0 Å². The predicted molar refractivity (Wildman–Crippen MR) is 92.4 cm³/mol. The number of benzene rings is 1. The summed E-state index contributed by atoms with van der Waals surface area (Å²) < 4.78 is 5.68. The minimum atomic E-state index is -0.986. The van der Waals surface area contributed by atoms with Crippen LogP contribution >= 0.6 is 0 Å². The van der Waals surface area contributed by atoms with Gasteiger partial charge in [-0.15, -0.1) is 0 Å². The largest absolute Gasteiger partial charge is 0.491 e. The Labute approximate surface area is 143 Å². The van der Waals surface area contributed by atoms with Crippen LogP contribution in [-0.4, -0.2) is 34.7 Å². The Morgan fingerprint density at radius 1 is 1.21 bits per heavy atom. The normalized spacial score (nSPS) is 13.4. The van der Waals surface area contributed by atoms with Gasteiger partial charge in [0, 0.05) is 12.8 Å².